The molecule has 0 saturated carbocycles. The molecular weight excluding hydrogens is 121 g/mol. The number of hydrogen-bond donors (Lipinski definition) is 0. The Hall–Kier alpha value is 0.0700. The Morgan fingerprint density at radius 1 is 1.83 bits per heavy atom. The molecule has 0 aromatic carbocycles. The first-order chi connectivity index (χ1) is 2.81. The maximum absolute atomic E-state index is 6.22. The zero-order chi connectivity index (χ0) is 4.99. The van der Waals surface area contributed by atoms with Crippen LogP contribution in [0.1, 0.15) is 0 Å². The predicted molar refractivity (Wildman–Crippen MR) is 27.0 cm³/mol. The maximum Gasteiger partial charge on any atom is 0.310 e. The van der Waals surface area contributed by atoms with Gasteiger partial charge in [-0.3, -0.25) is 4.85 Å². The second-order valence-corrected chi connectivity index (χ2v) is 1.53. The summed E-state index contributed by atoms with van der Waals surface area (Å²) in [6.07, 6.45) is 0. The van der Waals surface area contributed by atoms with Crippen molar-refractivity contribution in [2.75, 3.05) is 5.88 Å². The largest absolute Gasteiger partial charge is 0.310 e. The Kier molecular flexibility index (Phi) is 3.31. The Bertz CT molecular complexity index is 65.7. The lowest BCUT2D eigenvalue weighted by Crippen LogP contribution is -1.88. The summed E-state index contributed by atoms with van der Waals surface area (Å²) >= 11 is 10.3. The van der Waals surface area contributed by atoms with Gasteiger partial charge in [0.15, 0.2) is 0 Å². The Morgan fingerprint density at radius 3 is 2.33 bits per heavy atom. The highest BCUT2D eigenvalue weighted by molar-refractivity contribution is 6.28. The summed E-state index contributed by atoms with van der Waals surface area (Å²) in [5.74, 6) is 0.213. The summed E-state index contributed by atoms with van der Waals surface area (Å²) in [6, 6.07) is 0. The smallest absolute Gasteiger partial charge is 0.295 e. The van der Waals surface area contributed by atoms with Gasteiger partial charge in [0.25, 0.3) is 0 Å². The first-order valence-electron chi connectivity index (χ1n) is 1.38. The van der Waals surface area contributed by atoms with E-state index in [2.05, 4.69) is 4.85 Å². The molecule has 6 heavy (non-hydrogen) atoms. The van der Waals surface area contributed by atoms with Crippen LogP contribution in [-0.2, 0) is 0 Å². The van der Waals surface area contributed by atoms with Gasteiger partial charge in [0, 0.05) is 0 Å². The van der Waals surface area contributed by atoms with Crippen LogP contribution in [0.4, 0.5) is 0 Å². The highest BCUT2D eigenvalue weighted by Gasteiger charge is 1.99. The minimum atomic E-state index is -0.535. The van der Waals surface area contributed by atoms with Gasteiger partial charge in [-0.25, -0.2) is 6.57 Å². The minimum Gasteiger partial charge on any atom is -0.295 e. The van der Waals surface area contributed by atoms with E-state index in [4.69, 9.17) is 29.8 Å². The van der Waals surface area contributed by atoms with Gasteiger partial charge < -0.3 is 0 Å². The normalized spacial score (nSPS) is 12.8. The topological polar surface area (TPSA) is 4.36 Å². The first-order valence-corrected chi connectivity index (χ1v) is 2.35. The summed E-state index contributed by atoms with van der Waals surface area (Å²) in [4.78, 5) is 2.89. The number of alkyl halides is 2. The fourth-order valence-electron chi connectivity index (χ4n) is 0.0345. The SMILES string of the molecule is [C-]#[N+]C(Cl)CCl. The van der Waals surface area contributed by atoms with Crippen LogP contribution in [-0.4, -0.2) is 11.4 Å². The molecule has 3 heteroatoms. The molecular formula is C3H3Cl2N. The van der Waals surface area contributed by atoms with Crippen LogP contribution in [0.5, 0.6) is 0 Å². The van der Waals surface area contributed by atoms with E-state index in [0.29, 0.717) is 0 Å². The molecule has 0 aliphatic rings. The van der Waals surface area contributed by atoms with Crippen LogP contribution < -0.4 is 0 Å². The van der Waals surface area contributed by atoms with Gasteiger partial charge in [-0.15, -0.1) is 11.6 Å². The number of halogens is 2. The lowest BCUT2D eigenvalue weighted by molar-refractivity contribution is 1.24. The lowest BCUT2D eigenvalue weighted by Gasteiger charge is -1.79. The summed E-state index contributed by atoms with van der Waals surface area (Å²) in [6.45, 7) is 6.22. The fourth-order valence-corrected chi connectivity index (χ4v) is 0.104. The summed E-state index contributed by atoms with van der Waals surface area (Å²) < 4.78 is 0. The van der Waals surface area contributed by atoms with Crippen LogP contribution in [0.3, 0.4) is 0 Å². The van der Waals surface area contributed by atoms with E-state index in [1.54, 1.807) is 0 Å². The molecule has 0 aromatic heterocycles. The highest BCUT2D eigenvalue weighted by Crippen LogP contribution is 1.97. The molecule has 0 bridgehead atoms. The van der Waals surface area contributed by atoms with Crippen LogP contribution in [0, 0.1) is 6.57 Å². The molecule has 1 atom stereocenters. The van der Waals surface area contributed by atoms with E-state index >= 15 is 0 Å². The van der Waals surface area contributed by atoms with Crippen molar-refractivity contribution in [3.63, 3.8) is 0 Å². The third kappa shape index (κ3) is 2.32. The summed E-state index contributed by atoms with van der Waals surface area (Å²) in [5.41, 5.74) is -0.535. The monoisotopic (exact) mass is 123 g/mol. The van der Waals surface area contributed by atoms with Crippen molar-refractivity contribution in [2.45, 2.75) is 5.50 Å². The minimum absolute atomic E-state index is 0.213. The molecule has 34 valence electrons. The second kappa shape index (κ2) is 3.27. The molecule has 1 unspecified atom stereocenters. The summed E-state index contributed by atoms with van der Waals surface area (Å²) in [7, 11) is 0. The van der Waals surface area contributed by atoms with Crippen LogP contribution in [0.15, 0.2) is 0 Å². The molecule has 0 radical (unpaired) electrons. The van der Waals surface area contributed by atoms with Crippen molar-refractivity contribution in [1.82, 2.24) is 0 Å². The number of hydrogen-bond acceptors (Lipinski definition) is 0. The molecule has 0 heterocycles. The van der Waals surface area contributed by atoms with E-state index in [1.807, 2.05) is 0 Å². The molecule has 0 aliphatic carbocycles. The number of rotatable bonds is 1. The van der Waals surface area contributed by atoms with E-state index < -0.39 is 5.50 Å². The molecule has 0 aromatic rings. The van der Waals surface area contributed by atoms with Crippen molar-refractivity contribution in [3.05, 3.63) is 11.4 Å². The van der Waals surface area contributed by atoms with Crippen molar-refractivity contribution in [2.24, 2.45) is 0 Å². The van der Waals surface area contributed by atoms with Gasteiger partial charge in [-0.05, 0) is 11.6 Å². The predicted octanol–water partition coefficient (Wildman–Crippen LogP) is 1.71. The van der Waals surface area contributed by atoms with Gasteiger partial charge in [-0.2, -0.15) is 0 Å². The molecule has 0 amide bonds. The zero-order valence-electron chi connectivity index (χ0n) is 2.99. The third-order valence-corrected chi connectivity index (χ3v) is 0.970. The third-order valence-electron chi connectivity index (χ3n) is 0.267. The van der Waals surface area contributed by atoms with Gasteiger partial charge in [0.2, 0.25) is 0 Å². The van der Waals surface area contributed by atoms with E-state index in [9.17, 15) is 0 Å². The van der Waals surface area contributed by atoms with Crippen molar-refractivity contribution in [3.8, 4) is 0 Å². The fraction of sp³-hybridized carbons (Fsp3) is 0.667. The van der Waals surface area contributed by atoms with Gasteiger partial charge in [0.1, 0.15) is 5.88 Å². The van der Waals surface area contributed by atoms with Crippen LogP contribution in [0.2, 0.25) is 0 Å². The molecule has 0 aliphatic heterocycles. The molecule has 0 saturated heterocycles. The van der Waals surface area contributed by atoms with Gasteiger partial charge in [-0.1, -0.05) is 0 Å². The van der Waals surface area contributed by atoms with Crippen LogP contribution in [0.25, 0.3) is 4.85 Å². The average Bonchev–Trinajstić information content (AvgIpc) is 1.65. The van der Waals surface area contributed by atoms with Gasteiger partial charge >= 0.3 is 5.50 Å². The lowest BCUT2D eigenvalue weighted by atomic mass is 10.8. The van der Waals surface area contributed by atoms with Crippen molar-refractivity contribution < 1.29 is 0 Å². The second-order valence-electron chi connectivity index (χ2n) is 0.718. The maximum atomic E-state index is 6.22. The van der Waals surface area contributed by atoms with Gasteiger partial charge in [0.05, 0.1) is 0 Å². The van der Waals surface area contributed by atoms with E-state index in [1.165, 1.54) is 0 Å². The molecule has 0 N–H and O–H groups in total. The van der Waals surface area contributed by atoms with Crippen LogP contribution >= 0.6 is 23.2 Å². The number of nitrogens with zero attached hydrogens (tertiary/aromatic N) is 1. The molecule has 0 fully saturated rings. The average molecular weight is 124 g/mol. The molecule has 1 nitrogen and oxygen atoms in total. The Labute approximate surface area is 46.7 Å². The molecule has 0 rings (SSSR count). The van der Waals surface area contributed by atoms with E-state index in [0.717, 1.165) is 0 Å². The zero-order valence-corrected chi connectivity index (χ0v) is 4.50. The highest BCUT2D eigenvalue weighted by atomic mass is 35.5. The Balaban J connectivity index is 3.04. The van der Waals surface area contributed by atoms with Crippen molar-refractivity contribution >= 4 is 23.2 Å². The quantitative estimate of drug-likeness (QED) is 0.284. The standard InChI is InChI=1S/C3H3Cl2N/c1-6-3(5)2-4/h3H,2H2. The summed E-state index contributed by atoms with van der Waals surface area (Å²) in [5, 5.41) is 0. The Morgan fingerprint density at radius 2 is 2.33 bits per heavy atom. The van der Waals surface area contributed by atoms with E-state index in [-0.39, 0.29) is 5.88 Å². The molecule has 0 spiro atoms. The van der Waals surface area contributed by atoms with Crippen molar-refractivity contribution in [1.29, 1.82) is 0 Å². The first kappa shape index (κ1) is 6.07.